The van der Waals surface area contributed by atoms with Crippen LogP contribution in [-0.4, -0.2) is 55.1 Å². The second-order valence-electron chi connectivity index (χ2n) is 8.09. The number of benzene rings is 1. The van der Waals surface area contributed by atoms with Crippen LogP contribution in [0.4, 0.5) is 0 Å². The number of sulfone groups is 1. The SMILES string of the molecule is CC(CCN1CC=C(c2ccc(C#CC3CC3)cc2)CC1)(C(=O)NO)S(C)(=O)=O. The smallest absolute Gasteiger partial charge is 0.264 e. The van der Waals surface area contributed by atoms with Crippen LogP contribution in [-0.2, 0) is 14.6 Å². The van der Waals surface area contributed by atoms with Crippen molar-refractivity contribution in [1.29, 1.82) is 0 Å². The number of hydrogen-bond donors (Lipinski definition) is 2. The van der Waals surface area contributed by atoms with E-state index in [1.165, 1.54) is 36.4 Å². The summed E-state index contributed by atoms with van der Waals surface area (Å²) in [4.78, 5) is 14.0. The molecule has 0 bridgehead atoms. The van der Waals surface area contributed by atoms with E-state index in [0.29, 0.717) is 19.0 Å². The molecule has 7 heteroatoms. The molecule has 1 unspecified atom stereocenters. The van der Waals surface area contributed by atoms with Gasteiger partial charge in [0.25, 0.3) is 5.91 Å². The Bertz CT molecular complexity index is 953. The van der Waals surface area contributed by atoms with Gasteiger partial charge in [0, 0.05) is 37.4 Å². The van der Waals surface area contributed by atoms with Gasteiger partial charge in [-0.25, -0.2) is 13.9 Å². The first-order chi connectivity index (χ1) is 13.7. The molecule has 1 atom stereocenters. The van der Waals surface area contributed by atoms with Crippen molar-refractivity contribution >= 4 is 21.3 Å². The third-order valence-electron chi connectivity index (χ3n) is 5.85. The van der Waals surface area contributed by atoms with Gasteiger partial charge in [-0.3, -0.25) is 14.9 Å². The third kappa shape index (κ3) is 5.27. The Morgan fingerprint density at radius 2 is 2.00 bits per heavy atom. The number of hydroxylamine groups is 1. The van der Waals surface area contributed by atoms with Crippen molar-refractivity contribution in [2.45, 2.75) is 37.4 Å². The second kappa shape index (κ2) is 8.70. The molecule has 1 aromatic rings. The van der Waals surface area contributed by atoms with Crippen molar-refractivity contribution in [3.63, 3.8) is 0 Å². The molecule has 0 aromatic heterocycles. The van der Waals surface area contributed by atoms with Crippen LogP contribution in [0.3, 0.4) is 0 Å². The molecular formula is C22H28N2O4S. The van der Waals surface area contributed by atoms with Crippen molar-refractivity contribution in [3.05, 3.63) is 41.5 Å². The van der Waals surface area contributed by atoms with Crippen molar-refractivity contribution in [1.82, 2.24) is 10.4 Å². The molecule has 1 aliphatic heterocycles. The molecule has 1 aromatic carbocycles. The first kappa shape index (κ1) is 21.6. The summed E-state index contributed by atoms with van der Waals surface area (Å²) in [5.41, 5.74) is 4.98. The summed E-state index contributed by atoms with van der Waals surface area (Å²) in [6.45, 7) is 3.29. The topological polar surface area (TPSA) is 86.7 Å². The van der Waals surface area contributed by atoms with E-state index in [4.69, 9.17) is 5.21 Å². The second-order valence-corrected chi connectivity index (χ2v) is 10.5. The highest BCUT2D eigenvalue weighted by molar-refractivity contribution is 7.92. The molecule has 2 N–H and O–H groups in total. The van der Waals surface area contributed by atoms with Crippen LogP contribution in [0.15, 0.2) is 30.3 Å². The van der Waals surface area contributed by atoms with Crippen LogP contribution in [0.1, 0.15) is 43.7 Å². The lowest BCUT2D eigenvalue weighted by molar-refractivity contribution is -0.131. The summed E-state index contributed by atoms with van der Waals surface area (Å²) in [5, 5.41) is 8.92. The quantitative estimate of drug-likeness (QED) is 0.422. The number of amides is 1. The Morgan fingerprint density at radius 1 is 1.31 bits per heavy atom. The Balaban J connectivity index is 1.59. The largest absolute Gasteiger partial charge is 0.299 e. The molecular weight excluding hydrogens is 388 g/mol. The van der Waals surface area contributed by atoms with Gasteiger partial charge in [0.05, 0.1) is 0 Å². The van der Waals surface area contributed by atoms with E-state index >= 15 is 0 Å². The number of carbonyl (C=O) groups excluding carboxylic acids is 1. The Kier molecular flexibility index (Phi) is 6.47. The van der Waals surface area contributed by atoms with Crippen molar-refractivity contribution in [2.75, 3.05) is 25.9 Å². The lowest BCUT2D eigenvalue weighted by Crippen LogP contribution is -2.51. The summed E-state index contributed by atoms with van der Waals surface area (Å²) < 4.78 is 22.5. The number of hydrogen-bond acceptors (Lipinski definition) is 5. The minimum atomic E-state index is -3.67. The van der Waals surface area contributed by atoms with Crippen LogP contribution >= 0.6 is 0 Å². The van der Waals surface area contributed by atoms with Gasteiger partial charge in [0.2, 0.25) is 0 Å². The fourth-order valence-corrected chi connectivity index (χ4v) is 4.16. The molecule has 3 rings (SSSR count). The van der Waals surface area contributed by atoms with Crippen molar-refractivity contribution in [2.24, 2.45) is 5.92 Å². The maximum absolute atomic E-state index is 12.1. The summed E-state index contributed by atoms with van der Waals surface area (Å²) in [7, 11) is -3.67. The van der Waals surface area contributed by atoms with Crippen LogP contribution in [0.5, 0.6) is 0 Å². The molecule has 1 heterocycles. The summed E-state index contributed by atoms with van der Waals surface area (Å²) in [6.07, 6.45) is 6.60. The van der Waals surface area contributed by atoms with Gasteiger partial charge in [-0.1, -0.05) is 30.0 Å². The average molecular weight is 417 g/mol. The van der Waals surface area contributed by atoms with E-state index in [1.807, 2.05) is 0 Å². The van der Waals surface area contributed by atoms with E-state index in [9.17, 15) is 13.2 Å². The highest BCUT2D eigenvalue weighted by Gasteiger charge is 2.43. The van der Waals surface area contributed by atoms with E-state index in [-0.39, 0.29) is 6.42 Å². The summed E-state index contributed by atoms with van der Waals surface area (Å²) in [5.74, 6) is 6.19. The molecule has 6 nitrogen and oxygen atoms in total. The van der Waals surface area contributed by atoms with Crippen molar-refractivity contribution in [3.8, 4) is 11.8 Å². The fraction of sp³-hybridized carbons (Fsp3) is 0.500. The van der Waals surface area contributed by atoms with Crippen LogP contribution < -0.4 is 5.48 Å². The Hall–Kier alpha value is -2.14. The maximum Gasteiger partial charge on any atom is 0.264 e. The fourth-order valence-electron chi connectivity index (χ4n) is 3.31. The highest BCUT2D eigenvalue weighted by atomic mass is 32.2. The molecule has 1 aliphatic carbocycles. The van der Waals surface area contributed by atoms with Gasteiger partial charge in [-0.15, -0.1) is 0 Å². The third-order valence-corrected chi connectivity index (χ3v) is 7.88. The molecule has 1 amide bonds. The van der Waals surface area contributed by atoms with Crippen LogP contribution in [0.2, 0.25) is 0 Å². The normalized spacial score (nSPS) is 19.5. The van der Waals surface area contributed by atoms with E-state index in [2.05, 4.69) is 47.1 Å². The molecule has 0 spiro atoms. The first-order valence-electron chi connectivity index (χ1n) is 9.90. The van der Waals surface area contributed by atoms with Gasteiger partial charge in [0.15, 0.2) is 14.6 Å². The number of nitrogens with zero attached hydrogens (tertiary/aromatic N) is 1. The zero-order valence-corrected chi connectivity index (χ0v) is 17.8. The minimum Gasteiger partial charge on any atom is -0.299 e. The van der Waals surface area contributed by atoms with Gasteiger partial charge >= 0.3 is 0 Å². The molecule has 156 valence electrons. The molecule has 1 saturated carbocycles. The lowest BCUT2D eigenvalue weighted by Gasteiger charge is -2.31. The zero-order chi connectivity index (χ0) is 21.1. The first-order valence-corrected chi connectivity index (χ1v) is 11.8. The van der Waals surface area contributed by atoms with E-state index in [1.54, 1.807) is 0 Å². The highest BCUT2D eigenvalue weighted by Crippen LogP contribution is 2.28. The number of carbonyl (C=O) groups is 1. The van der Waals surface area contributed by atoms with Crippen LogP contribution in [0, 0.1) is 17.8 Å². The predicted octanol–water partition coefficient (Wildman–Crippen LogP) is 2.24. The van der Waals surface area contributed by atoms with Crippen molar-refractivity contribution < 1.29 is 18.4 Å². The number of nitrogens with one attached hydrogen (secondary N) is 1. The van der Waals surface area contributed by atoms with Crippen LogP contribution in [0.25, 0.3) is 5.57 Å². The zero-order valence-electron chi connectivity index (χ0n) is 16.9. The molecule has 1 fully saturated rings. The van der Waals surface area contributed by atoms with E-state index in [0.717, 1.165) is 24.8 Å². The minimum absolute atomic E-state index is 0.121. The van der Waals surface area contributed by atoms with Gasteiger partial charge in [-0.2, -0.15) is 0 Å². The Morgan fingerprint density at radius 3 is 2.52 bits per heavy atom. The molecule has 0 saturated heterocycles. The molecule has 2 aliphatic rings. The average Bonchev–Trinajstić information content (AvgIpc) is 3.54. The summed E-state index contributed by atoms with van der Waals surface area (Å²) in [6, 6.07) is 8.32. The van der Waals surface area contributed by atoms with Gasteiger partial charge in [-0.05, 0) is 55.9 Å². The predicted molar refractivity (Wildman–Crippen MR) is 113 cm³/mol. The summed E-state index contributed by atoms with van der Waals surface area (Å²) >= 11 is 0. The monoisotopic (exact) mass is 416 g/mol. The van der Waals surface area contributed by atoms with Gasteiger partial charge in [0.1, 0.15) is 0 Å². The Labute approximate surface area is 172 Å². The molecule has 0 radical (unpaired) electrons. The standard InChI is InChI=1S/C22H28N2O4S/c1-22(21(25)23-26,29(2,27)28)13-16-24-14-11-20(12-15-24)19-9-7-18(8-10-19)6-5-17-3-4-17/h7-11,17,26H,3-4,12-16H2,1-2H3,(H,23,25). The number of rotatable bonds is 6. The van der Waals surface area contributed by atoms with E-state index < -0.39 is 20.5 Å². The maximum atomic E-state index is 12.1. The molecule has 29 heavy (non-hydrogen) atoms. The van der Waals surface area contributed by atoms with Gasteiger partial charge < -0.3 is 0 Å². The lowest BCUT2D eigenvalue weighted by atomic mass is 9.98.